The minimum atomic E-state index is -0.102. The van der Waals surface area contributed by atoms with Crippen LogP contribution >= 0.6 is 0 Å². The first kappa shape index (κ1) is 17.4. The molecule has 25 heavy (non-hydrogen) atoms. The Morgan fingerprint density at radius 3 is 2.88 bits per heavy atom. The van der Waals surface area contributed by atoms with E-state index in [0.29, 0.717) is 18.3 Å². The number of carbonyl (C=O) groups excluding carboxylic acids is 1. The van der Waals surface area contributed by atoms with Gasteiger partial charge in [0.15, 0.2) is 5.69 Å². The molecular weight excluding hydrogens is 318 g/mol. The van der Waals surface area contributed by atoms with E-state index in [1.54, 1.807) is 25.3 Å². The number of nitrogens with zero attached hydrogens (tertiary/aromatic N) is 4. The first-order chi connectivity index (χ1) is 12.2. The molecule has 0 atom stereocenters. The summed E-state index contributed by atoms with van der Waals surface area (Å²) in [6, 6.07) is 8.20. The molecule has 0 bridgehead atoms. The number of nitrogens with one attached hydrogen (secondary N) is 1. The maximum atomic E-state index is 12.6. The highest BCUT2D eigenvalue weighted by molar-refractivity contribution is 5.91. The fourth-order valence-corrected chi connectivity index (χ4v) is 3.12. The van der Waals surface area contributed by atoms with Gasteiger partial charge in [-0.15, -0.1) is 5.10 Å². The molecule has 7 heteroatoms. The first-order valence-corrected chi connectivity index (χ1v) is 8.69. The van der Waals surface area contributed by atoms with Crippen molar-refractivity contribution < 1.29 is 9.53 Å². The van der Waals surface area contributed by atoms with E-state index >= 15 is 0 Å². The van der Waals surface area contributed by atoms with E-state index in [9.17, 15) is 4.79 Å². The van der Waals surface area contributed by atoms with Gasteiger partial charge in [-0.05, 0) is 44.0 Å². The van der Waals surface area contributed by atoms with Crippen LogP contribution in [0.15, 0.2) is 30.5 Å². The Hall–Kier alpha value is -2.41. The Morgan fingerprint density at radius 2 is 2.12 bits per heavy atom. The Labute approximate surface area is 148 Å². The average Bonchev–Trinajstić information content (AvgIpc) is 3.16. The normalized spacial score (nSPS) is 15.1. The molecule has 3 rings (SSSR count). The quantitative estimate of drug-likeness (QED) is 0.861. The summed E-state index contributed by atoms with van der Waals surface area (Å²) < 4.78 is 7.19. The third kappa shape index (κ3) is 4.17. The van der Waals surface area contributed by atoms with Crippen LogP contribution in [-0.2, 0) is 6.42 Å². The smallest absolute Gasteiger partial charge is 0.275 e. The molecule has 0 saturated carbocycles. The number of rotatable bonds is 6. The minimum absolute atomic E-state index is 0.102. The van der Waals surface area contributed by atoms with Gasteiger partial charge in [-0.25, -0.2) is 4.68 Å². The number of aromatic nitrogens is 3. The number of likely N-dealkylation sites (N-methyl/N-ethyl adjacent to an activating group) is 1. The first-order valence-electron chi connectivity index (χ1n) is 8.69. The second kappa shape index (κ2) is 8.11. The zero-order valence-electron chi connectivity index (χ0n) is 14.8. The standard InChI is InChI=1S/C18H25N5O2/c1-22(12-9-14-5-3-4-6-17(14)25-2)18(24)16-13-23(21-20-16)15-7-10-19-11-8-15/h3-6,13,15,19H,7-12H2,1-2H3. The number of para-hydroxylation sites is 1. The van der Waals surface area contributed by atoms with Gasteiger partial charge in [0, 0.05) is 13.6 Å². The molecule has 1 aromatic carbocycles. The van der Waals surface area contributed by atoms with Crippen LogP contribution in [0.25, 0.3) is 0 Å². The topological polar surface area (TPSA) is 72.3 Å². The predicted molar refractivity (Wildman–Crippen MR) is 94.8 cm³/mol. The van der Waals surface area contributed by atoms with Gasteiger partial charge < -0.3 is 15.0 Å². The van der Waals surface area contributed by atoms with E-state index in [-0.39, 0.29) is 5.91 Å². The SMILES string of the molecule is COc1ccccc1CCN(C)C(=O)c1cn(C2CCNCC2)nn1. The van der Waals surface area contributed by atoms with Gasteiger partial charge in [0.25, 0.3) is 5.91 Å². The van der Waals surface area contributed by atoms with Crippen LogP contribution in [0, 0.1) is 0 Å². The second-order valence-electron chi connectivity index (χ2n) is 6.35. The summed E-state index contributed by atoms with van der Waals surface area (Å²) in [5.41, 5.74) is 1.49. The van der Waals surface area contributed by atoms with Crippen LogP contribution in [0.5, 0.6) is 5.75 Å². The van der Waals surface area contributed by atoms with Crippen LogP contribution in [0.3, 0.4) is 0 Å². The van der Waals surface area contributed by atoms with Crippen molar-refractivity contribution in [3.8, 4) is 5.75 Å². The van der Waals surface area contributed by atoms with Crippen molar-refractivity contribution in [1.29, 1.82) is 0 Å². The third-order valence-electron chi connectivity index (χ3n) is 4.67. The zero-order valence-corrected chi connectivity index (χ0v) is 14.8. The lowest BCUT2D eigenvalue weighted by molar-refractivity contribution is 0.0790. The van der Waals surface area contributed by atoms with Crippen LogP contribution in [0.1, 0.15) is 34.9 Å². The molecule has 7 nitrogen and oxygen atoms in total. The van der Waals surface area contributed by atoms with Crippen molar-refractivity contribution in [2.45, 2.75) is 25.3 Å². The Balaban J connectivity index is 1.59. The number of amides is 1. The summed E-state index contributed by atoms with van der Waals surface area (Å²) in [5.74, 6) is 0.746. The Morgan fingerprint density at radius 1 is 1.36 bits per heavy atom. The van der Waals surface area contributed by atoms with Gasteiger partial charge in [0.2, 0.25) is 0 Å². The fraction of sp³-hybridized carbons (Fsp3) is 0.500. The van der Waals surface area contributed by atoms with E-state index in [0.717, 1.165) is 43.7 Å². The molecule has 1 aliphatic heterocycles. The number of carbonyl (C=O) groups is 1. The Kier molecular flexibility index (Phi) is 5.65. The minimum Gasteiger partial charge on any atom is -0.496 e. The lowest BCUT2D eigenvalue weighted by Gasteiger charge is -2.22. The zero-order chi connectivity index (χ0) is 17.6. The summed E-state index contributed by atoms with van der Waals surface area (Å²) >= 11 is 0. The molecule has 0 unspecified atom stereocenters. The van der Waals surface area contributed by atoms with Crippen molar-refractivity contribution in [3.05, 3.63) is 41.7 Å². The van der Waals surface area contributed by atoms with Crippen molar-refractivity contribution in [1.82, 2.24) is 25.2 Å². The predicted octanol–water partition coefficient (Wildman–Crippen LogP) is 1.53. The van der Waals surface area contributed by atoms with Gasteiger partial charge in [-0.3, -0.25) is 4.79 Å². The molecule has 0 aliphatic carbocycles. The number of methoxy groups -OCH3 is 1. The summed E-state index contributed by atoms with van der Waals surface area (Å²) in [6.45, 7) is 2.55. The highest BCUT2D eigenvalue weighted by Crippen LogP contribution is 2.19. The van der Waals surface area contributed by atoms with Crippen molar-refractivity contribution in [2.24, 2.45) is 0 Å². The fourth-order valence-electron chi connectivity index (χ4n) is 3.12. The molecule has 1 saturated heterocycles. The van der Waals surface area contributed by atoms with Crippen LogP contribution in [0.4, 0.5) is 0 Å². The van der Waals surface area contributed by atoms with Crippen molar-refractivity contribution in [3.63, 3.8) is 0 Å². The number of ether oxygens (including phenoxy) is 1. The van der Waals surface area contributed by atoms with Crippen molar-refractivity contribution >= 4 is 5.91 Å². The lowest BCUT2D eigenvalue weighted by atomic mass is 10.1. The number of hydrogen-bond donors (Lipinski definition) is 1. The van der Waals surface area contributed by atoms with E-state index < -0.39 is 0 Å². The molecule has 2 aromatic rings. The van der Waals surface area contributed by atoms with Gasteiger partial charge in [0.05, 0.1) is 19.3 Å². The Bertz CT molecular complexity index is 709. The maximum Gasteiger partial charge on any atom is 0.275 e. The molecule has 0 spiro atoms. The molecule has 1 N–H and O–H groups in total. The molecule has 1 amide bonds. The van der Waals surface area contributed by atoms with E-state index in [4.69, 9.17) is 4.74 Å². The number of piperidine rings is 1. The van der Waals surface area contributed by atoms with E-state index in [1.807, 2.05) is 28.9 Å². The molecule has 1 aliphatic rings. The number of benzene rings is 1. The van der Waals surface area contributed by atoms with Gasteiger partial charge >= 0.3 is 0 Å². The molecule has 0 radical (unpaired) electrons. The summed E-state index contributed by atoms with van der Waals surface area (Å²) in [6.07, 6.45) is 4.54. The van der Waals surface area contributed by atoms with Crippen LogP contribution < -0.4 is 10.1 Å². The molecule has 1 aromatic heterocycles. The molecule has 134 valence electrons. The lowest BCUT2D eigenvalue weighted by Crippen LogP contribution is -2.30. The van der Waals surface area contributed by atoms with Gasteiger partial charge in [0.1, 0.15) is 5.75 Å². The largest absolute Gasteiger partial charge is 0.496 e. The van der Waals surface area contributed by atoms with Gasteiger partial charge in [-0.2, -0.15) is 0 Å². The highest BCUT2D eigenvalue weighted by atomic mass is 16.5. The molecule has 2 heterocycles. The maximum absolute atomic E-state index is 12.6. The van der Waals surface area contributed by atoms with Gasteiger partial charge in [-0.1, -0.05) is 23.4 Å². The van der Waals surface area contributed by atoms with E-state index in [1.165, 1.54) is 0 Å². The number of hydrogen-bond acceptors (Lipinski definition) is 5. The van der Waals surface area contributed by atoms with Crippen LogP contribution in [-0.4, -0.2) is 59.6 Å². The van der Waals surface area contributed by atoms with Crippen LogP contribution in [0.2, 0.25) is 0 Å². The monoisotopic (exact) mass is 343 g/mol. The van der Waals surface area contributed by atoms with Crippen molar-refractivity contribution in [2.75, 3.05) is 33.8 Å². The average molecular weight is 343 g/mol. The van der Waals surface area contributed by atoms with E-state index in [2.05, 4.69) is 15.6 Å². The highest BCUT2D eigenvalue weighted by Gasteiger charge is 2.20. The summed E-state index contributed by atoms with van der Waals surface area (Å²) in [4.78, 5) is 14.3. The summed E-state index contributed by atoms with van der Waals surface area (Å²) in [7, 11) is 3.45. The summed E-state index contributed by atoms with van der Waals surface area (Å²) in [5, 5.41) is 11.6. The second-order valence-corrected chi connectivity index (χ2v) is 6.35. The molecule has 1 fully saturated rings. The molecular formula is C18H25N5O2. The third-order valence-corrected chi connectivity index (χ3v) is 4.67.